The molecule has 2 aromatic carbocycles. The van der Waals surface area contributed by atoms with Crippen LogP contribution in [0.3, 0.4) is 0 Å². The summed E-state index contributed by atoms with van der Waals surface area (Å²) in [7, 11) is 1.66. The summed E-state index contributed by atoms with van der Waals surface area (Å²) >= 11 is 7.90. The maximum atomic E-state index is 12.8. The zero-order chi connectivity index (χ0) is 22.7. The summed E-state index contributed by atoms with van der Waals surface area (Å²) in [6.07, 6.45) is 1.39. The highest BCUT2D eigenvalue weighted by Gasteiger charge is 2.40. The van der Waals surface area contributed by atoms with Gasteiger partial charge in [-0.15, -0.1) is 11.8 Å². The predicted molar refractivity (Wildman–Crippen MR) is 134 cm³/mol. The van der Waals surface area contributed by atoms with Crippen LogP contribution in [0.4, 0.5) is 10.5 Å². The summed E-state index contributed by atoms with van der Waals surface area (Å²) in [6, 6.07) is 13.4. The molecule has 8 heteroatoms. The second-order valence-corrected chi connectivity index (χ2v) is 9.51. The minimum atomic E-state index is -0.491. The standard InChI is InChI=1S/C24H27ClN4O2S/c1-4-32-22-21(17-8-10-18(31-3)11-9-17)27-24(28-22)12-14-29(15-13-24)23(30)26-20-7-5-6-19(25)16(20)2/h5-11H,4,12-15H2,1-3H3,(H,26,30). The van der Waals surface area contributed by atoms with E-state index in [0.29, 0.717) is 31.0 Å². The van der Waals surface area contributed by atoms with Gasteiger partial charge in [-0.1, -0.05) is 24.6 Å². The van der Waals surface area contributed by atoms with Crippen molar-refractivity contribution in [1.29, 1.82) is 0 Å². The van der Waals surface area contributed by atoms with Crippen LogP contribution in [-0.4, -0.2) is 53.3 Å². The van der Waals surface area contributed by atoms with Crippen LogP contribution in [0.2, 0.25) is 5.02 Å². The van der Waals surface area contributed by atoms with Gasteiger partial charge in [0.25, 0.3) is 0 Å². The van der Waals surface area contributed by atoms with Gasteiger partial charge in [-0.05, 0) is 54.6 Å². The molecule has 0 atom stereocenters. The molecule has 1 saturated heterocycles. The SMILES string of the molecule is CCSC1=NC2(CCN(C(=O)Nc3cccc(Cl)c3C)CC2)N=C1c1ccc(OC)cc1. The lowest BCUT2D eigenvalue weighted by atomic mass is 9.98. The Morgan fingerprint density at radius 3 is 2.56 bits per heavy atom. The molecular formula is C24H27ClN4O2S. The zero-order valence-corrected chi connectivity index (χ0v) is 20.1. The van der Waals surface area contributed by atoms with Gasteiger partial charge in [0.15, 0.2) is 5.66 Å². The minimum absolute atomic E-state index is 0.116. The maximum Gasteiger partial charge on any atom is 0.321 e. The number of hydrogen-bond donors (Lipinski definition) is 1. The number of carbonyl (C=O) groups is 1. The Labute approximate surface area is 198 Å². The van der Waals surface area contributed by atoms with Crippen LogP contribution in [0.15, 0.2) is 52.4 Å². The Hall–Kier alpha value is -2.51. The number of hydrogen-bond acceptors (Lipinski definition) is 5. The highest BCUT2D eigenvalue weighted by molar-refractivity contribution is 8.15. The average Bonchev–Trinajstić information content (AvgIpc) is 3.15. The number of benzene rings is 2. The summed E-state index contributed by atoms with van der Waals surface area (Å²) in [5, 5.41) is 4.61. The molecule has 2 heterocycles. The summed E-state index contributed by atoms with van der Waals surface area (Å²) in [6.45, 7) is 5.21. The summed E-state index contributed by atoms with van der Waals surface area (Å²) in [4.78, 5) is 24.8. The quantitative estimate of drug-likeness (QED) is 0.629. The second-order valence-electron chi connectivity index (χ2n) is 7.85. The Balaban J connectivity index is 1.48. The third-order valence-electron chi connectivity index (χ3n) is 5.84. The molecule has 1 spiro atoms. The lowest BCUT2D eigenvalue weighted by molar-refractivity contribution is 0.175. The number of piperidine rings is 1. The number of rotatable bonds is 4. The fourth-order valence-electron chi connectivity index (χ4n) is 3.93. The Morgan fingerprint density at radius 2 is 1.91 bits per heavy atom. The van der Waals surface area contributed by atoms with Crippen LogP contribution in [0, 0.1) is 6.92 Å². The van der Waals surface area contributed by atoms with Crippen molar-refractivity contribution in [2.24, 2.45) is 9.98 Å². The molecule has 168 valence electrons. The lowest BCUT2D eigenvalue weighted by Crippen LogP contribution is -2.46. The first-order valence-corrected chi connectivity index (χ1v) is 12.1. The molecule has 1 fully saturated rings. The first kappa shape index (κ1) is 22.7. The third kappa shape index (κ3) is 4.64. The highest BCUT2D eigenvalue weighted by Crippen LogP contribution is 2.36. The van der Waals surface area contributed by atoms with Crippen LogP contribution < -0.4 is 10.1 Å². The van der Waals surface area contributed by atoms with Gasteiger partial charge in [0.2, 0.25) is 0 Å². The first-order chi connectivity index (χ1) is 15.4. The topological polar surface area (TPSA) is 66.3 Å². The molecule has 4 rings (SSSR count). The lowest BCUT2D eigenvalue weighted by Gasteiger charge is -2.35. The van der Waals surface area contributed by atoms with Gasteiger partial charge >= 0.3 is 6.03 Å². The van der Waals surface area contributed by atoms with Crippen molar-refractivity contribution in [3.63, 3.8) is 0 Å². The van der Waals surface area contributed by atoms with Crippen LogP contribution in [0.25, 0.3) is 0 Å². The summed E-state index contributed by atoms with van der Waals surface area (Å²) in [5.41, 5.74) is 3.09. The molecule has 32 heavy (non-hydrogen) atoms. The van der Waals surface area contributed by atoms with Gasteiger partial charge in [0.1, 0.15) is 10.8 Å². The zero-order valence-electron chi connectivity index (χ0n) is 18.5. The predicted octanol–water partition coefficient (Wildman–Crippen LogP) is 5.64. The van der Waals surface area contributed by atoms with Crippen molar-refractivity contribution >= 4 is 45.8 Å². The second kappa shape index (κ2) is 9.55. The molecule has 0 unspecified atom stereocenters. The fourth-order valence-corrected chi connectivity index (χ4v) is 4.91. The van der Waals surface area contributed by atoms with Crippen molar-refractivity contribution in [2.75, 3.05) is 31.3 Å². The number of ether oxygens (including phenoxy) is 1. The van der Waals surface area contributed by atoms with E-state index in [4.69, 9.17) is 26.3 Å². The van der Waals surface area contributed by atoms with E-state index >= 15 is 0 Å². The number of amides is 2. The molecule has 0 saturated carbocycles. The number of nitrogens with zero attached hydrogens (tertiary/aromatic N) is 3. The molecule has 1 N–H and O–H groups in total. The van der Waals surface area contributed by atoms with E-state index in [2.05, 4.69) is 12.2 Å². The van der Waals surface area contributed by atoms with Gasteiger partial charge in [0.05, 0.1) is 12.8 Å². The van der Waals surface area contributed by atoms with E-state index in [1.54, 1.807) is 18.9 Å². The molecule has 0 radical (unpaired) electrons. The normalized spacial score (nSPS) is 17.2. The molecule has 2 amide bonds. The number of nitrogens with one attached hydrogen (secondary N) is 1. The van der Waals surface area contributed by atoms with Crippen LogP contribution in [-0.2, 0) is 0 Å². The van der Waals surface area contributed by atoms with Crippen LogP contribution >= 0.6 is 23.4 Å². The van der Waals surface area contributed by atoms with E-state index < -0.39 is 5.66 Å². The van der Waals surface area contributed by atoms with Crippen molar-refractivity contribution < 1.29 is 9.53 Å². The number of aliphatic imine (C=N–C) groups is 2. The Kier molecular flexibility index (Phi) is 6.76. The molecule has 0 aliphatic carbocycles. The molecule has 0 bridgehead atoms. The smallest absolute Gasteiger partial charge is 0.321 e. The van der Waals surface area contributed by atoms with Crippen LogP contribution in [0.1, 0.15) is 30.9 Å². The summed E-state index contributed by atoms with van der Waals surface area (Å²) in [5.74, 6) is 1.75. The van der Waals surface area contributed by atoms with Gasteiger partial charge in [-0.3, -0.25) is 4.99 Å². The number of urea groups is 1. The maximum absolute atomic E-state index is 12.8. The molecule has 2 aliphatic heterocycles. The van der Waals surface area contributed by atoms with E-state index in [1.807, 2.05) is 54.3 Å². The van der Waals surface area contributed by atoms with Crippen LogP contribution in [0.5, 0.6) is 5.75 Å². The van der Waals surface area contributed by atoms with Gasteiger partial charge in [-0.25, -0.2) is 9.79 Å². The number of anilines is 1. The van der Waals surface area contributed by atoms with E-state index in [9.17, 15) is 4.79 Å². The Bertz CT molecular complexity index is 1060. The largest absolute Gasteiger partial charge is 0.497 e. The highest BCUT2D eigenvalue weighted by atomic mass is 35.5. The van der Waals surface area contributed by atoms with E-state index in [1.165, 1.54) is 0 Å². The van der Waals surface area contributed by atoms with Gasteiger partial charge in [-0.2, -0.15) is 0 Å². The first-order valence-electron chi connectivity index (χ1n) is 10.7. The van der Waals surface area contributed by atoms with Gasteiger partial charge < -0.3 is 15.0 Å². The van der Waals surface area contributed by atoms with Crippen molar-refractivity contribution in [2.45, 2.75) is 32.4 Å². The minimum Gasteiger partial charge on any atom is -0.497 e. The van der Waals surface area contributed by atoms with Crippen molar-refractivity contribution in [1.82, 2.24) is 4.90 Å². The molecule has 0 aromatic heterocycles. The third-order valence-corrected chi connectivity index (χ3v) is 7.09. The number of thioether (sulfide) groups is 1. The number of halogens is 1. The molecule has 6 nitrogen and oxygen atoms in total. The van der Waals surface area contributed by atoms with Crippen molar-refractivity contribution in [3.8, 4) is 5.75 Å². The number of likely N-dealkylation sites (tertiary alicyclic amines) is 1. The molecule has 2 aliphatic rings. The number of methoxy groups -OCH3 is 1. The van der Waals surface area contributed by atoms with Gasteiger partial charge in [0, 0.05) is 42.2 Å². The van der Waals surface area contributed by atoms with E-state index in [-0.39, 0.29) is 6.03 Å². The monoisotopic (exact) mass is 470 g/mol. The Morgan fingerprint density at radius 1 is 1.19 bits per heavy atom. The molecule has 2 aromatic rings. The fraction of sp³-hybridized carbons (Fsp3) is 0.375. The van der Waals surface area contributed by atoms with E-state index in [0.717, 1.165) is 39.1 Å². The summed E-state index contributed by atoms with van der Waals surface area (Å²) < 4.78 is 5.28. The average molecular weight is 471 g/mol. The molecular weight excluding hydrogens is 444 g/mol. The number of carbonyl (C=O) groups excluding carboxylic acids is 1. The van der Waals surface area contributed by atoms with Crippen molar-refractivity contribution in [3.05, 3.63) is 58.6 Å².